The molecule has 11 nitrogen and oxygen atoms in total. The van der Waals surface area contributed by atoms with Gasteiger partial charge in [-0.15, -0.1) is 0 Å². The predicted octanol–water partition coefficient (Wildman–Crippen LogP) is 2.06. The van der Waals surface area contributed by atoms with Crippen LogP contribution in [0.3, 0.4) is 0 Å². The van der Waals surface area contributed by atoms with Gasteiger partial charge in [0, 0.05) is 32.5 Å². The lowest BCUT2D eigenvalue weighted by molar-refractivity contribution is 0.0916. The highest BCUT2D eigenvalue weighted by molar-refractivity contribution is 6.00. The minimum atomic E-state index is -0.528. The number of aromatic nitrogens is 4. The maximum absolute atomic E-state index is 13.1. The van der Waals surface area contributed by atoms with Crippen molar-refractivity contribution in [3.63, 3.8) is 0 Å². The molecule has 0 aromatic carbocycles. The predicted molar refractivity (Wildman–Crippen MR) is 131 cm³/mol. The van der Waals surface area contributed by atoms with Gasteiger partial charge in [-0.1, -0.05) is 0 Å². The Hall–Kier alpha value is -3.44. The number of rotatable bonds is 7. The van der Waals surface area contributed by atoms with Crippen LogP contribution in [0.25, 0.3) is 5.65 Å². The molecule has 5 rings (SSSR count). The molecule has 11 heteroatoms. The molecule has 1 unspecified atom stereocenters. The van der Waals surface area contributed by atoms with E-state index in [1.807, 2.05) is 0 Å². The number of hydrogen-bond acceptors (Lipinski definition) is 8. The van der Waals surface area contributed by atoms with Crippen molar-refractivity contribution >= 4 is 28.9 Å². The molecule has 0 spiro atoms. The monoisotopic (exact) mass is 481 g/mol. The third kappa shape index (κ3) is 4.48. The van der Waals surface area contributed by atoms with Gasteiger partial charge in [-0.25, -0.2) is 4.98 Å². The maximum Gasteiger partial charge on any atom is 0.274 e. The van der Waals surface area contributed by atoms with Crippen LogP contribution >= 0.6 is 0 Å². The summed E-state index contributed by atoms with van der Waals surface area (Å²) < 4.78 is 8.55. The number of aliphatic hydroxyl groups is 1. The number of nitrogens with one attached hydrogen (secondary N) is 3. The standard InChI is InChI=1S/C24H31N7O4/c1-25-21-12-20(28-17-5-4-10-30(24(17)34)18-6-3-7-19(18)32)29-22-16(13-26-31(21)22)23(33)27-14-8-9-15(11-14)35-2/h4-5,10,12-15,18-19,25,32H,3,6-9,11H2,1-2H3,(H,27,33)(H,28,29)/t14-,15-,18?,19-/m1/s1. The molecular formula is C24H31N7O4. The van der Waals surface area contributed by atoms with Gasteiger partial charge < -0.3 is 30.4 Å². The van der Waals surface area contributed by atoms with Gasteiger partial charge in [0.25, 0.3) is 11.5 Å². The second-order valence-electron chi connectivity index (χ2n) is 9.24. The van der Waals surface area contributed by atoms with Crippen molar-refractivity contribution in [3.05, 3.63) is 46.5 Å². The molecule has 3 aromatic rings. The molecule has 4 atom stereocenters. The van der Waals surface area contributed by atoms with Gasteiger partial charge in [0.1, 0.15) is 22.9 Å². The van der Waals surface area contributed by atoms with Gasteiger partial charge in [0.15, 0.2) is 5.65 Å². The summed E-state index contributed by atoms with van der Waals surface area (Å²) in [5.41, 5.74) is 0.838. The largest absolute Gasteiger partial charge is 0.391 e. The molecule has 0 radical (unpaired) electrons. The number of ether oxygens (including phenoxy) is 1. The van der Waals surface area contributed by atoms with E-state index < -0.39 is 6.10 Å². The third-order valence-electron chi connectivity index (χ3n) is 7.06. The normalized spacial score (nSPS) is 24.1. The lowest BCUT2D eigenvalue weighted by Gasteiger charge is -2.19. The van der Waals surface area contributed by atoms with E-state index in [4.69, 9.17) is 4.74 Å². The first-order valence-electron chi connectivity index (χ1n) is 12.0. The highest BCUT2D eigenvalue weighted by Crippen LogP contribution is 2.29. The first kappa shape index (κ1) is 23.3. The molecule has 2 fully saturated rings. The highest BCUT2D eigenvalue weighted by atomic mass is 16.5. The Kier molecular flexibility index (Phi) is 6.44. The molecule has 2 aliphatic carbocycles. The first-order chi connectivity index (χ1) is 17.0. The zero-order valence-electron chi connectivity index (χ0n) is 19.9. The smallest absolute Gasteiger partial charge is 0.274 e. The van der Waals surface area contributed by atoms with E-state index in [1.165, 1.54) is 6.20 Å². The van der Waals surface area contributed by atoms with Crippen molar-refractivity contribution in [1.82, 2.24) is 24.5 Å². The zero-order chi connectivity index (χ0) is 24.5. The molecule has 0 saturated heterocycles. The number of amides is 1. The van der Waals surface area contributed by atoms with E-state index in [2.05, 4.69) is 26.0 Å². The summed E-state index contributed by atoms with van der Waals surface area (Å²) in [5, 5.41) is 23.8. The lowest BCUT2D eigenvalue weighted by Crippen LogP contribution is -2.33. The molecule has 2 aliphatic rings. The van der Waals surface area contributed by atoms with Crippen LogP contribution in [0.15, 0.2) is 35.4 Å². The molecular weight excluding hydrogens is 450 g/mol. The molecule has 4 N–H and O–H groups in total. The van der Waals surface area contributed by atoms with Crippen molar-refractivity contribution in [2.45, 2.75) is 62.8 Å². The molecule has 35 heavy (non-hydrogen) atoms. The topological polar surface area (TPSA) is 135 Å². The Bertz CT molecular complexity index is 1290. The zero-order valence-corrected chi connectivity index (χ0v) is 19.9. The van der Waals surface area contributed by atoms with E-state index in [1.54, 1.807) is 47.6 Å². The molecule has 186 valence electrons. The number of hydrogen-bond donors (Lipinski definition) is 4. The van der Waals surface area contributed by atoms with Crippen molar-refractivity contribution in [3.8, 4) is 0 Å². The molecule has 3 aromatic heterocycles. The number of carbonyl (C=O) groups is 1. The van der Waals surface area contributed by atoms with Crippen molar-refractivity contribution in [2.24, 2.45) is 0 Å². The Balaban J connectivity index is 1.44. The van der Waals surface area contributed by atoms with Crippen LogP contribution in [0.2, 0.25) is 0 Å². The Morgan fingerprint density at radius 2 is 2.11 bits per heavy atom. The first-order valence-corrected chi connectivity index (χ1v) is 12.0. The van der Waals surface area contributed by atoms with Gasteiger partial charge in [-0.05, 0) is 50.7 Å². The number of anilines is 3. The Morgan fingerprint density at radius 1 is 1.26 bits per heavy atom. The number of aliphatic hydroxyl groups excluding tert-OH is 1. The van der Waals surface area contributed by atoms with Crippen LogP contribution < -0.4 is 21.5 Å². The quantitative estimate of drug-likeness (QED) is 0.403. The number of fused-ring (bicyclic) bond motifs is 1. The molecule has 2 saturated carbocycles. The van der Waals surface area contributed by atoms with Crippen molar-refractivity contribution in [2.75, 3.05) is 24.8 Å². The molecule has 3 heterocycles. The second-order valence-corrected chi connectivity index (χ2v) is 9.24. The lowest BCUT2D eigenvalue weighted by atomic mass is 10.2. The number of nitrogens with zero attached hydrogens (tertiary/aromatic N) is 4. The van der Waals surface area contributed by atoms with Gasteiger partial charge in [0.05, 0.1) is 24.4 Å². The van der Waals surface area contributed by atoms with Crippen LogP contribution in [-0.4, -0.2) is 62.6 Å². The van der Waals surface area contributed by atoms with Gasteiger partial charge >= 0.3 is 0 Å². The SMILES string of the molecule is CNc1cc(Nc2cccn(C3CCC[C@H]3O)c2=O)nc2c(C(=O)N[C@@H]3CC[C@@H](OC)C3)cnn12. The average molecular weight is 482 g/mol. The van der Waals surface area contributed by atoms with E-state index >= 15 is 0 Å². The fourth-order valence-electron chi connectivity index (χ4n) is 5.16. The number of methoxy groups -OCH3 is 1. The summed E-state index contributed by atoms with van der Waals surface area (Å²) in [6.45, 7) is 0. The fraction of sp³-hybridized carbons (Fsp3) is 0.500. The van der Waals surface area contributed by atoms with Crippen LogP contribution in [0.1, 0.15) is 54.9 Å². The molecule has 0 bridgehead atoms. The molecule has 1 amide bonds. The van der Waals surface area contributed by atoms with Crippen LogP contribution in [0.5, 0.6) is 0 Å². The van der Waals surface area contributed by atoms with Crippen molar-refractivity contribution < 1.29 is 14.6 Å². The second kappa shape index (κ2) is 9.67. The van der Waals surface area contributed by atoms with E-state index in [-0.39, 0.29) is 29.7 Å². The van der Waals surface area contributed by atoms with E-state index in [0.29, 0.717) is 35.0 Å². The minimum absolute atomic E-state index is 0.0428. The van der Waals surface area contributed by atoms with Gasteiger partial charge in [0.2, 0.25) is 0 Å². The van der Waals surface area contributed by atoms with E-state index in [9.17, 15) is 14.7 Å². The van der Waals surface area contributed by atoms with Crippen LogP contribution in [0.4, 0.5) is 17.3 Å². The molecule has 0 aliphatic heterocycles. The Morgan fingerprint density at radius 3 is 2.83 bits per heavy atom. The van der Waals surface area contributed by atoms with Crippen LogP contribution in [-0.2, 0) is 4.74 Å². The van der Waals surface area contributed by atoms with Gasteiger partial charge in [-0.2, -0.15) is 9.61 Å². The van der Waals surface area contributed by atoms with Gasteiger partial charge in [-0.3, -0.25) is 9.59 Å². The average Bonchev–Trinajstić information content (AvgIpc) is 3.59. The maximum atomic E-state index is 13.1. The summed E-state index contributed by atoms with van der Waals surface area (Å²) >= 11 is 0. The summed E-state index contributed by atoms with van der Waals surface area (Å²) in [6, 6.07) is 5.00. The number of carbonyl (C=O) groups excluding carboxylic acids is 1. The fourth-order valence-corrected chi connectivity index (χ4v) is 5.16. The third-order valence-corrected chi connectivity index (χ3v) is 7.06. The Labute approximate surface area is 202 Å². The van der Waals surface area contributed by atoms with Crippen molar-refractivity contribution in [1.29, 1.82) is 0 Å². The minimum Gasteiger partial charge on any atom is -0.391 e. The van der Waals surface area contributed by atoms with E-state index in [0.717, 1.165) is 32.1 Å². The summed E-state index contributed by atoms with van der Waals surface area (Å²) in [4.78, 5) is 30.8. The highest BCUT2D eigenvalue weighted by Gasteiger charge is 2.29. The number of pyridine rings is 1. The summed E-state index contributed by atoms with van der Waals surface area (Å²) in [7, 11) is 3.44. The summed E-state index contributed by atoms with van der Waals surface area (Å²) in [6.07, 6.45) is 7.74. The summed E-state index contributed by atoms with van der Waals surface area (Å²) in [5.74, 6) is 0.767. The van der Waals surface area contributed by atoms with Crippen LogP contribution in [0, 0.1) is 0 Å².